The molecule has 1 aromatic carbocycles. The fourth-order valence-electron chi connectivity index (χ4n) is 3.82. The van der Waals surface area contributed by atoms with E-state index < -0.39 is 0 Å². The molecule has 1 unspecified atom stereocenters. The molecule has 8 heteroatoms. The quantitative estimate of drug-likeness (QED) is 0.654. The van der Waals surface area contributed by atoms with Crippen molar-refractivity contribution in [1.82, 2.24) is 20.4 Å². The number of nitrogens with one attached hydrogen (secondary N) is 2. The Morgan fingerprint density at radius 1 is 1.20 bits per heavy atom. The number of hydrogen-bond donors (Lipinski definition) is 2. The number of likely N-dealkylation sites (N-methyl/N-ethyl adjacent to an activating group) is 1. The van der Waals surface area contributed by atoms with Crippen LogP contribution in [0.5, 0.6) is 0 Å². The van der Waals surface area contributed by atoms with Crippen molar-refractivity contribution in [3.63, 3.8) is 0 Å². The van der Waals surface area contributed by atoms with Gasteiger partial charge in [0.05, 0.1) is 13.1 Å². The molecule has 1 aliphatic rings. The molecular weight excluding hydrogens is 380 g/mol. The number of nitrogens with zero attached hydrogens (tertiary/aromatic N) is 4. The average molecular weight is 411 g/mol. The van der Waals surface area contributed by atoms with Gasteiger partial charge in [0.2, 0.25) is 11.8 Å². The van der Waals surface area contributed by atoms with Crippen molar-refractivity contribution in [2.45, 2.75) is 32.2 Å². The molecule has 0 spiro atoms. The van der Waals surface area contributed by atoms with E-state index in [0.717, 1.165) is 49.4 Å². The predicted molar refractivity (Wildman–Crippen MR) is 117 cm³/mol. The van der Waals surface area contributed by atoms with E-state index in [4.69, 9.17) is 0 Å². The van der Waals surface area contributed by atoms with Gasteiger partial charge in [0.25, 0.3) is 0 Å². The topological polar surface area (TPSA) is 90.5 Å². The maximum Gasteiger partial charge on any atom is 0.243 e. The Labute approximate surface area is 177 Å². The Bertz CT molecular complexity index is 845. The standard InChI is InChI=1S/C22H30N6O2/c1-3-17-8-4-5-10-19(17)25-21(29)14-23-22(30)16-27(2)15-18-9-7-13-28(18)20-11-6-12-24-26-20/h4-6,8,10-12,18H,3,7,9,13-16H2,1-2H3,(H,23,30)(H,25,29). The minimum absolute atomic E-state index is 0.0418. The van der Waals surface area contributed by atoms with Crippen LogP contribution in [-0.4, -0.2) is 66.2 Å². The highest BCUT2D eigenvalue weighted by Gasteiger charge is 2.27. The molecule has 1 atom stereocenters. The van der Waals surface area contributed by atoms with Gasteiger partial charge in [0.1, 0.15) is 0 Å². The van der Waals surface area contributed by atoms with E-state index in [1.54, 1.807) is 6.20 Å². The summed E-state index contributed by atoms with van der Waals surface area (Å²) >= 11 is 0. The lowest BCUT2D eigenvalue weighted by Gasteiger charge is -2.28. The second-order valence-corrected chi connectivity index (χ2v) is 7.60. The maximum atomic E-state index is 12.3. The minimum Gasteiger partial charge on any atom is -0.351 e. The molecule has 1 saturated heterocycles. The summed E-state index contributed by atoms with van der Waals surface area (Å²) in [6, 6.07) is 11.8. The second kappa shape index (κ2) is 10.7. The Morgan fingerprint density at radius 2 is 2.03 bits per heavy atom. The number of rotatable bonds is 9. The van der Waals surface area contributed by atoms with Crippen LogP contribution in [0, 0.1) is 0 Å². The van der Waals surface area contributed by atoms with Crippen LogP contribution in [0.2, 0.25) is 0 Å². The first-order valence-corrected chi connectivity index (χ1v) is 10.4. The molecule has 30 heavy (non-hydrogen) atoms. The molecule has 2 heterocycles. The number of aryl methyl sites for hydroxylation is 1. The summed E-state index contributed by atoms with van der Waals surface area (Å²) < 4.78 is 0. The molecule has 0 saturated carbocycles. The van der Waals surface area contributed by atoms with E-state index in [1.165, 1.54) is 0 Å². The van der Waals surface area contributed by atoms with Crippen molar-refractivity contribution in [2.75, 3.05) is 43.4 Å². The van der Waals surface area contributed by atoms with Crippen molar-refractivity contribution in [3.05, 3.63) is 48.2 Å². The first-order valence-electron chi connectivity index (χ1n) is 10.4. The highest BCUT2D eigenvalue weighted by atomic mass is 16.2. The molecular formula is C22H30N6O2. The molecule has 160 valence electrons. The van der Waals surface area contributed by atoms with Gasteiger partial charge in [0, 0.05) is 31.0 Å². The molecule has 0 aliphatic carbocycles. The first-order chi connectivity index (χ1) is 14.6. The highest BCUT2D eigenvalue weighted by Crippen LogP contribution is 2.23. The van der Waals surface area contributed by atoms with Gasteiger partial charge in [-0.2, -0.15) is 5.10 Å². The van der Waals surface area contributed by atoms with Crippen LogP contribution < -0.4 is 15.5 Å². The lowest BCUT2D eigenvalue weighted by molar-refractivity contribution is -0.124. The average Bonchev–Trinajstić information content (AvgIpc) is 3.21. The van der Waals surface area contributed by atoms with Crippen LogP contribution in [-0.2, 0) is 16.0 Å². The number of hydrogen-bond acceptors (Lipinski definition) is 6. The molecule has 0 bridgehead atoms. The summed E-state index contributed by atoms with van der Waals surface area (Å²) in [5.41, 5.74) is 1.86. The molecule has 8 nitrogen and oxygen atoms in total. The zero-order chi connectivity index (χ0) is 21.3. The van der Waals surface area contributed by atoms with Gasteiger partial charge in [-0.1, -0.05) is 25.1 Å². The molecule has 2 amide bonds. The molecule has 1 aliphatic heterocycles. The van der Waals surface area contributed by atoms with Crippen LogP contribution in [0.3, 0.4) is 0 Å². The third kappa shape index (κ3) is 6.00. The highest BCUT2D eigenvalue weighted by molar-refractivity contribution is 5.95. The van der Waals surface area contributed by atoms with Crippen LogP contribution in [0.4, 0.5) is 11.5 Å². The van der Waals surface area contributed by atoms with E-state index in [9.17, 15) is 9.59 Å². The van der Waals surface area contributed by atoms with E-state index >= 15 is 0 Å². The van der Waals surface area contributed by atoms with Crippen molar-refractivity contribution in [1.29, 1.82) is 0 Å². The zero-order valence-corrected chi connectivity index (χ0v) is 17.7. The zero-order valence-electron chi connectivity index (χ0n) is 17.7. The first kappa shape index (κ1) is 21.7. The summed E-state index contributed by atoms with van der Waals surface area (Å²) in [7, 11) is 1.92. The molecule has 2 aromatic rings. The third-order valence-corrected chi connectivity index (χ3v) is 5.28. The number of amides is 2. The number of carbonyl (C=O) groups is 2. The predicted octanol–water partition coefficient (Wildman–Crippen LogP) is 1.69. The summed E-state index contributed by atoms with van der Waals surface area (Å²) in [4.78, 5) is 28.7. The molecule has 1 aromatic heterocycles. The van der Waals surface area contributed by atoms with Crippen molar-refractivity contribution >= 4 is 23.3 Å². The van der Waals surface area contributed by atoms with Gasteiger partial charge < -0.3 is 15.5 Å². The van der Waals surface area contributed by atoms with Gasteiger partial charge in [-0.05, 0) is 50.1 Å². The van der Waals surface area contributed by atoms with Gasteiger partial charge in [0.15, 0.2) is 5.82 Å². The van der Waals surface area contributed by atoms with Crippen LogP contribution >= 0.6 is 0 Å². The smallest absolute Gasteiger partial charge is 0.243 e. The Kier molecular flexibility index (Phi) is 7.73. The summed E-state index contributed by atoms with van der Waals surface area (Å²) in [6.07, 6.45) is 4.66. The minimum atomic E-state index is -0.225. The van der Waals surface area contributed by atoms with E-state index in [1.807, 2.05) is 55.3 Å². The van der Waals surface area contributed by atoms with Crippen molar-refractivity contribution < 1.29 is 9.59 Å². The number of para-hydroxylation sites is 1. The van der Waals surface area contributed by atoms with Gasteiger partial charge in [-0.3, -0.25) is 14.5 Å². The number of benzene rings is 1. The maximum absolute atomic E-state index is 12.3. The third-order valence-electron chi connectivity index (χ3n) is 5.28. The summed E-state index contributed by atoms with van der Waals surface area (Å²) in [6.45, 7) is 3.94. The van der Waals surface area contributed by atoms with Crippen LogP contribution in [0.1, 0.15) is 25.3 Å². The Morgan fingerprint density at radius 3 is 2.80 bits per heavy atom. The Balaban J connectivity index is 1.42. The van der Waals surface area contributed by atoms with Crippen molar-refractivity contribution in [3.8, 4) is 0 Å². The Hall–Kier alpha value is -3.00. The van der Waals surface area contributed by atoms with Gasteiger partial charge >= 0.3 is 0 Å². The number of anilines is 2. The number of carbonyl (C=O) groups excluding carboxylic acids is 2. The van der Waals surface area contributed by atoms with Crippen LogP contribution in [0.25, 0.3) is 0 Å². The lowest BCUT2D eigenvalue weighted by atomic mass is 10.1. The molecule has 2 N–H and O–H groups in total. The fourth-order valence-corrected chi connectivity index (χ4v) is 3.82. The molecule has 0 radical (unpaired) electrons. The van der Waals surface area contributed by atoms with Crippen LogP contribution in [0.15, 0.2) is 42.6 Å². The summed E-state index contributed by atoms with van der Waals surface area (Å²) in [5, 5.41) is 13.8. The van der Waals surface area contributed by atoms with E-state index in [2.05, 4.69) is 25.7 Å². The normalized spacial score (nSPS) is 16.0. The fraction of sp³-hybridized carbons (Fsp3) is 0.455. The summed E-state index contributed by atoms with van der Waals surface area (Å²) in [5.74, 6) is 0.485. The van der Waals surface area contributed by atoms with Crippen molar-refractivity contribution in [2.24, 2.45) is 0 Å². The lowest BCUT2D eigenvalue weighted by Crippen LogP contribution is -2.44. The number of aromatic nitrogens is 2. The van der Waals surface area contributed by atoms with E-state index in [0.29, 0.717) is 6.04 Å². The van der Waals surface area contributed by atoms with Gasteiger partial charge in [-0.15, -0.1) is 5.10 Å². The van der Waals surface area contributed by atoms with Gasteiger partial charge in [-0.25, -0.2) is 0 Å². The largest absolute Gasteiger partial charge is 0.351 e. The molecule has 3 rings (SSSR count). The molecule has 1 fully saturated rings. The monoisotopic (exact) mass is 410 g/mol. The second-order valence-electron chi connectivity index (χ2n) is 7.60. The SMILES string of the molecule is CCc1ccccc1NC(=O)CNC(=O)CN(C)CC1CCCN1c1cccnn1. The van der Waals surface area contributed by atoms with E-state index in [-0.39, 0.29) is 24.9 Å².